The van der Waals surface area contributed by atoms with E-state index in [1.165, 1.54) is 23.9 Å². The highest BCUT2D eigenvalue weighted by Crippen LogP contribution is 2.31. The predicted molar refractivity (Wildman–Crippen MR) is 81.1 cm³/mol. The van der Waals surface area contributed by atoms with Gasteiger partial charge in [0.15, 0.2) is 5.16 Å². The molecule has 0 aliphatic rings. The lowest BCUT2D eigenvalue weighted by Crippen LogP contribution is -2.23. The van der Waals surface area contributed by atoms with Crippen molar-refractivity contribution in [2.24, 2.45) is 7.05 Å². The van der Waals surface area contributed by atoms with E-state index in [0.717, 1.165) is 12.1 Å². The zero-order valence-corrected chi connectivity index (χ0v) is 13.5. The number of nitrogens with zero attached hydrogens (tertiary/aromatic N) is 3. The first-order valence-electron chi connectivity index (χ1n) is 6.69. The Morgan fingerprint density at radius 2 is 2.04 bits per heavy atom. The lowest BCUT2D eigenvalue weighted by molar-refractivity contribution is -0.137. The van der Waals surface area contributed by atoms with E-state index in [-0.39, 0.29) is 5.69 Å². The number of alkyl halides is 3. The van der Waals surface area contributed by atoms with Gasteiger partial charge in [0.25, 0.3) is 0 Å². The normalized spacial score (nSPS) is 13.0. The topological polar surface area (TPSA) is 59.8 Å². The summed E-state index contributed by atoms with van der Waals surface area (Å²) in [6.07, 6.45) is -4.45. The van der Waals surface area contributed by atoms with E-state index in [2.05, 4.69) is 15.5 Å². The number of hydrogen-bond acceptors (Lipinski definition) is 4. The molecule has 2 aromatic rings. The van der Waals surface area contributed by atoms with E-state index >= 15 is 0 Å². The van der Waals surface area contributed by atoms with Crippen molar-refractivity contribution >= 4 is 23.4 Å². The summed E-state index contributed by atoms with van der Waals surface area (Å²) in [5, 5.41) is 10.3. The van der Waals surface area contributed by atoms with Gasteiger partial charge in [-0.1, -0.05) is 17.8 Å². The average molecular weight is 344 g/mol. The van der Waals surface area contributed by atoms with Gasteiger partial charge < -0.3 is 9.88 Å². The second kappa shape index (κ2) is 6.61. The number of halogens is 3. The van der Waals surface area contributed by atoms with Crippen LogP contribution in [0.3, 0.4) is 0 Å². The van der Waals surface area contributed by atoms with Crippen LogP contribution in [0.25, 0.3) is 0 Å². The summed E-state index contributed by atoms with van der Waals surface area (Å²) in [6.45, 7) is 3.43. The number of aromatic nitrogens is 3. The first kappa shape index (κ1) is 17.3. The number of thioether (sulfide) groups is 1. The third-order valence-corrected chi connectivity index (χ3v) is 4.30. The van der Waals surface area contributed by atoms with Gasteiger partial charge in [-0.2, -0.15) is 13.2 Å². The number of carbonyl (C=O) groups excluding carboxylic acids is 1. The summed E-state index contributed by atoms with van der Waals surface area (Å²) in [5.41, 5.74) is -0.703. The van der Waals surface area contributed by atoms with Gasteiger partial charge in [0.2, 0.25) is 5.91 Å². The first-order chi connectivity index (χ1) is 10.7. The molecule has 0 aliphatic heterocycles. The number of nitrogens with one attached hydrogen (secondary N) is 1. The van der Waals surface area contributed by atoms with Gasteiger partial charge in [-0.15, -0.1) is 10.2 Å². The third-order valence-electron chi connectivity index (χ3n) is 3.16. The van der Waals surface area contributed by atoms with Crippen LogP contribution in [0.2, 0.25) is 0 Å². The number of anilines is 1. The van der Waals surface area contributed by atoms with Crippen molar-refractivity contribution in [3.8, 4) is 0 Å². The van der Waals surface area contributed by atoms with Gasteiger partial charge in [0, 0.05) is 12.7 Å². The van der Waals surface area contributed by atoms with Crippen molar-refractivity contribution in [3.05, 3.63) is 35.7 Å². The van der Waals surface area contributed by atoms with Crippen LogP contribution in [-0.2, 0) is 18.0 Å². The summed E-state index contributed by atoms with van der Waals surface area (Å²) >= 11 is 1.18. The predicted octanol–water partition coefficient (Wildman–Crippen LogP) is 3.26. The van der Waals surface area contributed by atoms with Crippen molar-refractivity contribution in [1.82, 2.24) is 14.8 Å². The monoisotopic (exact) mass is 344 g/mol. The maximum Gasteiger partial charge on any atom is 0.416 e. The maximum atomic E-state index is 12.7. The Labute approximate surface area is 135 Å². The number of aryl methyl sites for hydroxylation is 1. The van der Waals surface area contributed by atoms with Crippen LogP contribution in [0, 0.1) is 6.92 Å². The van der Waals surface area contributed by atoms with Crippen molar-refractivity contribution < 1.29 is 18.0 Å². The molecule has 0 saturated carbocycles. The summed E-state index contributed by atoms with van der Waals surface area (Å²) in [6, 6.07) is 4.53. The van der Waals surface area contributed by atoms with E-state index < -0.39 is 22.9 Å². The van der Waals surface area contributed by atoms with Crippen LogP contribution in [0.1, 0.15) is 18.3 Å². The van der Waals surface area contributed by atoms with Crippen LogP contribution >= 0.6 is 11.8 Å². The molecule has 1 aromatic carbocycles. The zero-order valence-electron chi connectivity index (χ0n) is 12.7. The van der Waals surface area contributed by atoms with E-state index in [9.17, 15) is 18.0 Å². The molecule has 2 rings (SSSR count). The van der Waals surface area contributed by atoms with Gasteiger partial charge >= 0.3 is 6.18 Å². The lowest BCUT2D eigenvalue weighted by atomic mass is 10.2. The van der Waals surface area contributed by atoms with E-state index in [4.69, 9.17) is 0 Å². The van der Waals surface area contributed by atoms with Crippen LogP contribution < -0.4 is 5.32 Å². The van der Waals surface area contributed by atoms with Crippen molar-refractivity contribution in [2.45, 2.75) is 30.4 Å². The van der Waals surface area contributed by atoms with Crippen LogP contribution in [0.5, 0.6) is 0 Å². The Kier molecular flexibility index (Phi) is 4.98. The molecule has 9 heteroatoms. The van der Waals surface area contributed by atoms with Gasteiger partial charge in [-0.05, 0) is 32.0 Å². The SMILES string of the molecule is Cc1nnc(S[C@H](C)C(=O)Nc2cccc(C(F)(F)F)c2)n1C. The first-order valence-corrected chi connectivity index (χ1v) is 7.57. The maximum absolute atomic E-state index is 12.7. The molecular weight excluding hydrogens is 329 g/mol. The molecular formula is C14H15F3N4OS. The fourth-order valence-electron chi connectivity index (χ4n) is 1.72. The van der Waals surface area contributed by atoms with Crippen molar-refractivity contribution in [1.29, 1.82) is 0 Å². The molecule has 1 N–H and O–H groups in total. The molecule has 0 radical (unpaired) electrons. The molecule has 1 amide bonds. The highest BCUT2D eigenvalue weighted by molar-refractivity contribution is 8.00. The molecule has 0 saturated heterocycles. The Morgan fingerprint density at radius 1 is 1.35 bits per heavy atom. The fourth-order valence-corrected chi connectivity index (χ4v) is 2.58. The average Bonchev–Trinajstić information content (AvgIpc) is 2.78. The molecule has 0 bridgehead atoms. The minimum Gasteiger partial charge on any atom is -0.325 e. The molecule has 124 valence electrons. The smallest absolute Gasteiger partial charge is 0.325 e. The summed E-state index contributed by atoms with van der Waals surface area (Å²) in [4.78, 5) is 12.1. The standard InChI is InChI=1S/C14H15F3N4OS/c1-8(23-13-20-19-9(2)21(13)3)12(22)18-11-6-4-5-10(7-11)14(15,16)17/h4-8H,1-3H3,(H,18,22)/t8-/m1/s1. The largest absolute Gasteiger partial charge is 0.416 e. The number of rotatable bonds is 4. The number of amides is 1. The molecule has 23 heavy (non-hydrogen) atoms. The Morgan fingerprint density at radius 3 is 2.61 bits per heavy atom. The highest BCUT2D eigenvalue weighted by atomic mass is 32.2. The number of benzene rings is 1. The minimum atomic E-state index is -4.45. The van der Waals surface area contributed by atoms with Gasteiger partial charge in [0.05, 0.1) is 10.8 Å². The second-order valence-electron chi connectivity index (χ2n) is 4.92. The number of hydrogen-bond donors (Lipinski definition) is 1. The summed E-state index contributed by atoms with van der Waals surface area (Å²) in [7, 11) is 1.77. The fraction of sp³-hybridized carbons (Fsp3) is 0.357. The molecule has 0 unspecified atom stereocenters. The Bertz CT molecular complexity index is 714. The molecule has 0 spiro atoms. The summed E-state index contributed by atoms with van der Waals surface area (Å²) < 4.78 is 39.7. The number of carbonyl (C=O) groups is 1. The van der Waals surface area contributed by atoms with Crippen LogP contribution in [0.15, 0.2) is 29.4 Å². The molecule has 1 atom stereocenters. The second-order valence-corrected chi connectivity index (χ2v) is 6.22. The van der Waals surface area contributed by atoms with Gasteiger partial charge in [-0.3, -0.25) is 4.79 Å². The van der Waals surface area contributed by atoms with Crippen LogP contribution in [-0.4, -0.2) is 25.9 Å². The molecule has 1 heterocycles. The molecule has 1 aromatic heterocycles. The van der Waals surface area contributed by atoms with E-state index in [0.29, 0.717) is 11.0 Å². The molecule has 0 fully saturated rings. The highest BCUT2D eigenvalue weighted by Gasteiger charge is 2.30. The Hall–Kier alpha value is -2.03. The molecule has 5 nitrogen and oxygen atoms in total. The zero-order chi connectivity index (χ0) is 17.2. The lowest BCUT2D eigenvalue weighted by Gasteiger charge is -2.13. The van der Waals surface area contributed by atoms with Crippen molar-refractivity contribution in [3.63, 3.8) is 0 Å². The third kappa shape index (κ3) is 4.25. The van der Waals surface area contributed by atoms with Crippen LogP contribution in [0.4, 0.5) is 18.9 Å². The van der Waals surface area contributed by atoms with Gasteiger partial charge in [-0.25, -0.2) is 0 Å². The summed E-state index contributed by atoms with van der Waals surface area (Å²) in [5.74, 6) is 0.299. The van der Waals surface area contributed by atoms with Gasteiger partial charge in [0.1, 0.15) is 5.82 Å². The molecule has 0 aliphatic carbocycles. The van der Waals surface area contributed by atoms with Crippen molar-refractivity contribution in [2.75, 3.05) is 5.32 Å². The quantitative estimate of drug-likeness (QED) is 0.865. The van der Waals surface area contributed by atoms with E-state index in [1.807, 2.05) is 0 Å². The Balaban J connectivity index is 2.05. The minimum absolute atomic E-state index is 0.103. The van der Waals surface area contributed by atoms with E-state index in [1.54, 1.807) is 25.5 Å².